The summed E-state index contributed by atoms with van der Waals surface area (Å²) in [5, 5.41) is 0. The molecule has 0 bridgehead atoms. The number of likely N-dealkylation sites (tertiary alicyclic amines) is 1. The quantitative estimate of drug-likeness (QED) is 0.914. The predicted octanol–water partition coefficient (Wildman–Crippen LogP) is 2.00. The highest BCUT2D eigenvalue weighted by atomic mass is 16.5. The van der Waals surface area contributed by atoms with Crippen molar-refractivity contribution in [3.63, 3.8) is 0 Å². The van der Waals surface area contributed by atoms with E-state index in [1.807, 2.05) is 11.8 Å². The maximum atomic E-state index is 12.6. The molecule has 5 heteroatoms. The molecule has 1 fully saturated rings. The lowest BCUT2D eigenvalue weighted by molar-refractivity contribution is 0.00207. The summed E-state index contributed by atoms with van der Waals surface area (Å²) in [6.07, 6.45) is 4.74. The fraction of sp³-hybridized carbons (Fsp3) is 0.600. The standard InChI is InChI=1S/C15H23N3O2/c1-3-7-20-13-5-4-6-18(10-13)15(19)14-8-12(16)9-17-11(14)2/h8-9,13H,3-7,10,16H2,1-2H3. The summed E-state index contributed by atoms with van der Waals surface area (Å²) in [4.78, 5) is 18.6. The third kappa shape index (κ3) is 3.48. The van der Waals surface area contributed by atoms with Gasteiger partial charge in [-0.15, -0.1) is 0 Å². The fourth-order valence-electron chi connectivity index (χ4n) is 2.48. The summed E-state index contributed by atoms with van der Waals surface area (Å²) in [5.41, 5.74) is 7.57. The molecule has 0 aromatic carbocycles. The van der Waals surface area contributed by atoms with Crippen molar-refractivity contribution < 1.29 is 9.53 Å². The Morgan fingerprint density at radius 2 is 2.40 bits per heavy atom. The van der Waals surface area contributed by atoms with Crippen LogP contribution < -0.4 is 5.73 Å². The van der Waals surface area contributed by atoms with E-state index in [9.17, 15) is 4.79 Å². The Morgan fingerprint density at radius 1 is 1.60 bits per heavy atom. The van der Waals surface area contributed by atoms with Gasteiger partial charge < -0.3 is 15.4 Å². The van der Waals surface area contributed by atoms with E-state index >= 15 is 0 Å². The first-order chi connectivity index (χ1) is 9.61. The smallest absolute Gasteiger partial charge is 0.255 e. The minimum Gasteiger partial charge on any atom is -0.397 e. The Bertz CT molecular complexity index is 476. The van der Waals surface area contributed by atoms with Gasteiger partial charge in [0.2, 0.25) is 0 Å². The summed E-state index contributed by atoms with van der Waals surface area (Å²) >= 11 is 0. The Balaban J connectivity index is 2.06. The lowest BCUT2D eigenvalue weighted by Crippen LogP contribution is -2.43. The highest BCUT2D eigenvalue weighted by molar-refractivity contribution is 5.96. The van der Waals surface area contributed by atoms with Crippen LogP contribution in [-0.2, 0) is 4.74 Å². The molecule has 2 heterocycles. The zero-order valence-corrected chi connectivity index (χ0v) is 12.3. The molecule has 2 rings (SSSR count). The molecule has 1 aromatic heterocycles. The number of pyridine rings is 1. The molecule has 0 saturated carbocycles. The summed E-state index contributed by atoms with van der Waals surface area (Å²) in [7, 11) is 0. The van der Waals surface area contributed by atoms with E-state index in [-0.39, 0.29) is 12.0 Å². The fourth-order valence-corrected chi connectivity index (χ4v) is 2.48. The maximum Gasteiger partial charge on any atom is 0.255 e. The second-order valence-corrected chi connectivity index (χ2v) is 5.29. The van der Waals surface area contributed by atoms with Gasteiger partial charge in [-0.2, -0.15) is 0 Å². The lowest BCUT2D eigenvalue weighted by Gasteiger charge is -2.33. The number of aryl methyl sites for hydroxylation is 1. The van der Waals surface area contributed by atoms with E-state index in [1.165, 1.54) is 0 Å². The van der Waals surface area contributed by atoms with Crippen LogP contribution in [0.1, 0.15) is 42.2 Å². The second kappa shape index (κ2) is 6.70. The second-order valence-electron chi connectivity index (χ2n) is 5.29. The molecule has 1 aliphatic heterocycles. The molecule has 0 aliphatic carbocycles. The highest BCUT2D eigenvalue weighted by Gasteiger charge is 2.26. The molecule has 1 amide bonds. The van der Waals surface area contributed by atoms with Crippen molar-refractivity contribution in [3.8, 4) is 0 Å². The van der Waals surface area contributed by atoms with Crippen LogP contribution in [0.25, 0.3) is 0 Å². The van der Waals surface area contributed by atoms with E-state index in [1.54, 1.807) is 12.3 Å². The van der Waals surface area contributed by atoms with Gasteiger partial charge >= 0.3 is 0 Å². The van der Waals surface area contributed by atoms with Gasteiger partial charge in [0.15, 0.2) is 0 Å². The number of anilines is 1. The number of ether oxygens (including phenoxy) is 1. The number of carbonyl (C=O) groups is 1. The van der Waals surface area contributed by atoms with Crippen LogP contribution in [0.5, 0.6) is 0 Å². The van der Waals surface area contributed by atoms with Crippen molar-refractivity contribution in [1.82, 2.24) is 9.88 Å². The first-order valence-electron chi connectivity index (χ1n) is 7.24. The number of amides is 1. The molecule has 0 radical (unpaired) electrons. The molecule has 0 spiro atoms. The van der Waals surface area contributed by atoms with E-state index in [0.29, 0.717) is 17.8 Å². The number of hydrogen-bond donors (Lipinski definition) is 1. The number of nitrogen functional groups attached to an aromatic ring is 1. The molecule has 1 atom stereocenters. The van der Waals surface area contributed by atoms with E-state index in [0.717, 1.165) is 38.1 Å². The predicted molar refractivity (Wildman–Crippen MR) is 78.6 cm³/mol. The van der Waals surface area contributed by atoms with Gasteiger partial charge in [-0.1, -0.05) is 6.92 Å². The summed E-state index contributed by atoms with van der Waals surface area (Å²) in [6.45, 7) is 6.12. The first kappa shape index (κ1) is 14.8. The van der Waals surface area contributed by atoms with Gasteiger partial charge in [0.05, 0.1) is 29.2 Å². The number of aromatic nitrogens is 1. The molecule has 110 valence electrons. The van der Waals surface area contributed by atoms with Crippen molar-refractivity contribution in [2.45, 2.75) is 39.2 Å². The molecule has 2 N–H and O–H groups in total. The maximum absolute atomic E-state index is 12.6. The number of nitrogens with zero attached hydrogens (tertiary/aromatic N) is 2. The van der Waals surface area contributed by atoms with Crippen LogP contribution >= 0.6 is 0 Å². The van der Waals surface area contributed by atoms with Crippen molar-refractivity contribution in [1.29, 1.82) is 0 Å². The van der Waals surface area contributed by atoms with Gasteiger partial charge in [0, 0.05) is 19.7 Å². The van der Waals surface area contributed by atoms with Crippen molar-refractivity contribution in [2.75, 3.05) is 25.4 Å². The summed E-state index contributed by atoms with van der Waals surface area (Å²) < 4.78 is 5.77. The van der Waals surface area contributed by atoms with Crippen molar-refractivity contribution >= 4 is 11.6 Å². The van der Waals surface area contributed by atoms with Crippen molar-refractivity contribution in [2.24, 2.45) is 0 Å². The number of carbonyl (C=O) groups excluding carboxylic acids is 1. The molecular formula is C15H23N3O2. The Kier molecular flexibility index (Phi) is 4.95. The SMILES string of the molecule is CCCOC1CCCN(C(=O)c2cc(N)cnc2C)C1. The van der Waals surface area contributed by atoms with Gasteiger partial charge in [0.1, 0.15) is 0 Å². The average Bonchev–Trinajstić information content (AvgIpc) is 2.47. The Labute approximate surface area is 120 Å². The summed E-state index contributed by atoms with van der Waals surface area (Å²) in [5.74, 6) is 0.00657. The summed E-state index contributed by atoms with van der Waals surface area (Å²) in [6, 6.07) is 1.71. The zero-order chi connectivity index (χ0) is 14.5. The number of nitrogens with two attached hydrogens (primary N) is 1. The number of rotatable bonds is 4. The third-order valence-electron chi connectivity index (χ3n) is 3.56. The Hall–Kier alpha value is -1.62. The first-order valence-corrected chi connectivity index (χ1v) is 7.24. The lowest BCUT2D eigenvalue weighted by atomic mass is 10.1. The van der Waals surface area contributed by atoms with Gasteiger partial charge in [-0.05, 0) is 32.3 Å². The molecule has 1 aromatic rings. The van der Waals surface area contributed by atoms with Crippen LogP contribution in [0.15, 0.2) is 12.3 Å². The molecular weight excluding hydrogens is 254 g/mol. The van der Waals surface area contributed by atoms with Crippen LogP contribution in [-0.4, -0.2) is 41.6 Å². The van der Waals surface area contributed by atoms with Gasteiger partial charge in [-0.25, -0.2) is 0 Å². The number of hydrogen-bond acceptors (Lipinski definition) is 4. The average molecular weight is 277 g/mol. The monoisotopic (exact) mass is 277 g/mol. The molecule has 5 nitrogen and oxygen atoms in total. The molecule has 20 heavy (non-hydrogen) atoms. The topological polar surface area (TPSA) is 68.5 Å². The van der Waals surface area contributed by atoms with E-state index in [2.05, 4.69) is 11.9 Å². The van der Waals surface area contributed by atoms with Crippen LogP contribution in [0.4, 0.5) is 5.69 Å². The largest absolute Gasteiger partial charge is 0.397 e. The van der Waals surface area contributed by atoms with Crippen LogP contribution in [0.3, 0.4) is 0 Å². The highest BCUT2D eigenvalue weighted by Crippen LogP contribution is 2.18. The van der Waals surface area contributed by atoms with Gasteiger partial charge in [0.25, 0.3) is 5.91 Å². The molecule has 1 saturated heterocycles. The van der Waals surface area contributed by atoms with Crippen molar-refractivity contribution in [3.05, 3.63) is 23.5 Å². The molecule has 1 aliphatic rings. The zero-order valence-electron chi connectivity index (χ0n) is 12.3. The minimum atomic E-state index is 0.00657. The Morgan fingerprint density at radius 3 is 3.15 bits per heavy atom. The van der Waals surface area contributed by atoms with Crippen LogP contribution in [0.2, 0.25) is 0 Å². The number of piperidine rings is 1. The molecule has 1 unspecified atom stereocenters. The third-order valence-corrected chi connectivity index (χ3v) is 3.56. The van der Waals surface area contributed by atoms with E-state index < -0.39 is 0 Å². The normalized spacial score (nSPS) is 19.1. The van der Waals surface area contributed by atoms with Gasteiger partial charge in [-0.3, -0.25) is 9.78 Å². The van der Waals surface area contributed by atoms with E-state index in [4.69, 9.17) is 10.5 Å². The minimum absolute atomic E-state index is 0.00657. The van der Waals surface area contributed by atoms with Crippen LogP contribution in [0, 0.1) is 6.92 Å².